The number of likely N-dealkylation sites (tertiary alicyclic amines) is 1. The zero-order valence-electron chi connectivity index (χ0n) is 13.1. The van der Waals surface area contributed by atoms with Crippen LogP contribution in [0.2, 0.25) is 0 Å². The van der Waals surface area contributed by atoms with Crippen LogP contribution in [-0.4, -0.2) is 56.1 Å². The summed E-state index contributed by atoms with van der Waals surface area (Å²) in [7, 11) is 1.69. The maximum Gasteiger partial charge on any atom is 0.319 e. The van der Waals surface area contributed by atoms with Crippen molar-refractivity contribution >= 4 is 17.5 Å². The number of benzene rings is 1. The Bertz CT molecular complexity index is 533. The number of nitrogens with zero attached hydrogens (tertiary/aromatic N) is 1. The van der Waals surface area contributed by atoms with E-state index >= 15 is 0 Å². The molecule has 0 radical (unpaired) electrons. The van der Waals surface area contributed by atoms with Crippen LogP contribution < -0.4 is 10.6 Å². The first-order valence-corrected chi connectivity index (χ1v) is 7.48. The third-order valence-corrected chi connectivity index (χ3v) is 3.75. The second-order valence-electron chi connectivity index (χ2n) is 5.51. The molecular formula is C16H23N3O3. The molecule has 1 atom stereocenters. The van der Waals surface area contributed by atoms with E-state index in [1.54, 1.807) is 31.4 Å². The van der Waals surface area contributed by atoms with Crippen molar-refractivity contribution < 1.29 is 14.3 Å². The second-order valence-corrected chi connectivity index (χ2v) is 5.51. The van der Waals surface area contributed by atoms with E-state index in [9.17, 15) is 9.59 Å². The molecule has 0 saturated carbocycles. The van der Waals surface area contributed by atoms with Gasteiger partial charge >= 0.3 is 6.03 Å². The van der Waals surface area contributed by atoms with E-state index in [0.29, 0.717) is 17.9 Å². The Morgan fingerprint density at radius 3 is 2.95 bits per heavy atom. The highest BCUT2D eigenvalue weighted by Crippen LogP contribution is 2.12. The molecule has 6 nitrogen and oxygen atoms in total. The van der Waals surface area contributed by atoms with Gasteiger partial charge in [-0.25, -0.2) is 4.79 Å². The molecule has 0 spiro atoms. The molecule has 0 bridgehead atoms. The van der Waals surface area contributed by atoms with Crippen molar-refractivity contribution in [3.05, 3.63) is 29.8 Å². The van der Waals surface area contributed by atoms with Crippen molar-refractivity contribution in [2.75, 3.05) is 38.7 Å². The van der Waals surface area contributed by atoms with Gasteiger partial charge in [-0.2, -0.15) is 0 Å². The smallest absolute Gasteiger partial charge is 0.319 e. The van der Waals surface area contributed by atoms with Gasteiger partial charge in [-0.05, 0) is 25.5 Å². The summed E-state index contributed by atoms with van der Waals surface area (Å²) in [6.07, 6.45) is 0.935. The number of urea groups is 1. The monoisotopic (exact) mass is 305 g/mol. The molecule has 1 saturated heterocycles. The molecule has 0 unspecified atom stereocenters. The fourth-order valence-corrected chi connectivity index (χ4v) is 2.54. The third-order valence-electron chi connectivity index (χ3n) is 3.75. The van der Waals surface area contributed by atoms with Crippen LogP contribution in [0.1, 0.15) is 23.7 Å². The Kier molecular flexibility index (Phi) is 5.91. The van der Waals surface area contributed by atoms with Crippen molar-refractivity contribution in [2.24, 2.45) is 0 Å². The van der Waals surface area contributed by atoms with Gasteiger partial charge in [0.1, 0.15) is 0 Å². The molecule has 2 rings (SSSR count). The molecule has 1 aliphatic heterocycles. The van der Waals surface area contributed by atoms with E-state index < -0.39 is 0 Å². The van der Waals surface area contributed by atoms with Gasteiger partial charge in [0, 0.05) is 44.0 Å². The summed E-state index contributed by atoms with van der Waals surface area (Å²) in [5.74, 6) is -0.0198. The Labute approximate surface area is 130 Å². The van der Waals surface area contributed by atoms with Crippen LogP contribution in [0, 0.1) is 0 Å². The summed E-state index contributed by atoms with van der Waals surface area (Å²) in [4.78, 5) is 25.6. The fraction of sp³-hybridized carbons (Fsp3) is 0.500. The van der Waals surface area contributed by atoms with Crippen LogP contribution in [0.5, 0.6) is 0 Å². The van der Waals surface area contributed by atoms with Gasteiger partial charge in [0.25, 0.3) is 0 Å². The number of methoxy groups -OCH3 is 1. The molecule has 6 heteroatoms. The van der Waals surface area contributed by atoms with Crippen LogP contribution in [0.25, 0.3) is 0 Å². The average molecular weight is 305 g/mol. The lowest BCUT2D eigenvalue weighted by atomic mass is 10.1. The fourth-order valence-electron chi connectivity index (χ4n) is 2.54. The summed E-state index contributed by atoms with van der Waals surface area (Å²) < 4.78 is 5.06. The van der Waals surface area contributed by atoms with Crippen molar-refractivity contribution in [1.82, 2.24) is 10.2 Å². The van der Waals surface area contributed by atoms with Crippen molar-refractivity contribution in [1.29, 1.82) is 0 Å². The minimum Gasteiger partial charge on any atom is -0.383 e. The molecule has 22 heavy (non-hydrogen) atoms. The first kappa shape index (κ1) is 16.5. The van der Waals surface area contributed by atoms with Crippen LogP contribution in [0.4, 0.5) is 10.5 Å². The third kappa shape index (κ3) is 4.82. The van der Waals surface area contributed by atoms with E-state index in [2.05, 4.69) is 15.5 Å². The molecule has 0 aliphatic carbocycles. The van der Waals surface area contributed by atoms with Gasteiger partial charge in [0.15, 0.2) is 5.78 Å². The number of carbonyl (C=O) groups excluding carboxylic acids is 2. The number of Topliss-reactive ketones (excluding diaryl/α,β-unsaturated/α-hetero) is 1. The molecule has 1 heterocycles. The van der Waals surface area contributed by atoms with Gasteiger partial charge in [-0.15, -0.1) is 0 Å². The normalized spacial score (nSPS) is 18.2. The highest BCUT2D eigenvalue weighted by Gasteiger charge is 2.23. The van der Waals surface area contributed by atoms with Crippen molar-refractivity contribution in [3.8, 4) is 0 Å². The molecule has 1 fully saturated rings. The van der Waals surface area contributed by atoms with Crippen molar-refractivity contribution in [3.63, 3.8) is 0 Å². The zero-order chi connectivity index (χ0) is 15.9. The molecule has 1 aliphatic rings. The van der Waals surface area contributed by atoms with E-state index in [-0.39, 0.29) is 17.9 Å². The van der Waals surface area contributed by atoms with Crippen LogP contribution in [0.15, 0.2) is 24.3 Å². The number of carbonyl (C=O) groups is 2. The van der Waals surface area contributed by atoms with Crippen LogP contribution >= 0.6 is 0 Å². The lowest BCUT2D eigenvalue weighted by molar-refractivity contribution is 0.101. The highest BCUT2D eigenvalue weighted by atomic mass is 16.5. The lowest BCUT2D eigenvalue weighted by Crippen LogP contribution is -2.40. The number of anilines is 1. The summed E-state index contributed by atoms with van der Waals surface area (Å²) in [5, 5.41) is 5.74. The van der Waals surface area contributed by atoms with E-state index in [4.69, 9.17) is 4.74 Å². The maximum atomic E-state index is 12.0. The number of hydrogen-bond acceptors (Lipinski definition) is 4. The van der Waals surface area contributed by atoms with E-state index in [0.717, 1.165) is 26.1 Å². The van der Waals surface area contributed by atoms with E-state index in [1.165, 1.54) is 6.92 Å². The molecule has 1 aromatic rings. The number of hydrogen-bond donors (Lipinski definition) is 2. The molecule has 0 aromatic heterocycles. The average Bonchev–Trinajstić information content (AvgIpc) is 2.92. The Hall–Kier alpha value is -1.92. The van der Waals surface area contributed by atoms with E-state index in [1.807, 2.05) is 0 Å². The summed E-state index contributed by atoms with van der Waals surface area (Å²) >= 11 is 0. The highest BCUT2D eigenvalue weighted by molar-refractivity contribution is 5.96. The van der Waals surface area contributed by atoms with Gasteiger partial charge in [-0.3, -0.25) is 9.69 Å². The number of ether oxygens (including phenoxy) is 1. The SMILES string of the molecule is COCCN1CC[C@@H](NC(=O)Nc2cccc(C(C)=O)c2)C1. The minimum atomic E-state index is -0.237. The first-order valence-electron chi connectivity index (χ1n) is 7.48. The largest absolute Gasteiger partial charge is 0.383 e. The van der Waals surface area contributed by atoms with Gasteiger partial charge < -0.3 is 15.4 Å². The van der Waals surface area contributed by atoms with Crippen LogP contribution in [-0.2, 0) is 4.74 Å². The molecule has 1 aromatic carbocycles. The van der Waals surface area contributed by atoms with Gasteiger partial charge in [0.05, 0.1) is 6.61 Å². The maximum absolute atomic E-state index is 12.0. The quantitative estimate of drug-likeness (QED) is 0.785. The topological polar surface area (TPSA) is 70.7 Å². The Morgan fingerprint density at radius 2 is 2.23 bits per heavy atom. The van der Waals surface area contributed by atoms with Gasteiger partial charge in [0.2, 0.25) is 0 Å². The molecular weight excluding hydrogens is 282 g/mol. The zero-order valence-corrected chi connectivity index (χ0v) is 13.1. The minimum absolute atomic E-state index is 0.0198. The van der Waals surface area contributed by atoms with Crippen LogP contribution in [0.3, 0.4) is 0 Å². The lowest BCUT2D eigenvalue weighted by Gasteiger charge is -2.16. The first-order chi connectivity index (χ1) is 10.6. The van der Waals surface area contributed by atoms with Crippen molar-refractivity contribution in [2.45, 2.75) is 19.4 Å². The predicted octanol–water partition coefficient (Wildman–Crippen LogP) is 1.73. The standard InChI is InChI=1S/C16H23N3O3/c1-12(20)13-4-3-5-14(10-13)17-16(21)18-15-6-7-19(11-15)8-9-22-2/h3-5,10,15H,6-9,11H2,1-2H3,(H2,17,18,21)/t15-/m1/s1. The predicted molar refractivity (Wildman–Crippen MR) is 85.3 cm³/mol. The number of ketones is 1. The number of amides is 2. The Morgan fingerprint density at radius 1 is 1.41 bits per heavy atom. The second kappa shape index (κ2) is 7.91. The summed E-state index contributed by atoms with van der Waals surface area (Å²) in [6.45, 7) is 4.90. The molecule has 2 N–H and O–H groups in total. The summed E-state index contributed by atoms with van der Waals surface area (Å²) in [6, 6.07) is 6.85. The molecule has 2 amide bonds. The number of rotatable bonds is 6. The van der Waals surface area contributed by atoms with Gasteiger partial charge in [-0.1, -0.05) is 12.1 Å². The number of nitrogens with one attached hydrogen (secondary N) is 2. The molecule has 120 valence electrons. The Balaban J connectivity index is 1.81. The summed E-state index contributed by atoms with van der Waals surface area (Å²) in [5.41, 5.74) is 1.21.